The third-order valence-corrected chi connectivity index (χ3v) is 2.71. The molecule has 0 aromatic heterocycles. The Hall–Kier alpha value is -2.71. The minimum atomic E-state index is -4.99. The summed E-state index contributed by atoms with van der Waals surface area (Å²) in [7, 11) is 0. The van der Waals surface area contributed by atoms with E-state index in [9.17, 15) is 31.1 Å². The molecule has 0 saturated carbocycles. The summed E-state index contributed by atoms with van der Waals surface area (Å²) in [6.07, 6.45) is -9.88. The van der Waals surface area contributed by atoms with Crippen LogP contribution in [0.3, 0.4) is 0 Å². The van der Waals surface area contributed by atoms with Gasteiger partial charge in [-0.05, 0) is 36.4 Å². The Balaban J connectivity index is 2.26. The van der Waals surface area contributed by atoms with Gasteiger partial charge in [0.05, 0.1) is 5.56 Å². The number of hydrogen-bond acceptors (Lipinski definition) is 3. The quantitative estimate of drug-likeness (QED) is 0.592. The molecule has 0 radical (unpaired) electrons. The lowest BCUT2D eigenvalue weighted by molar-refractivity contribution is -0.275. The van der Waals surface area contributed by atoms with Gasteiger partial charge in [-0.1, -0.05) is 12.1 Å². The normalized spacial score (nSPS) is 11.9. The summed E-state index contributed by atoms with van der Waals surface area (Å²) in [5.74, 6) is -2.10. The van der Waals surface area contributed by atoms with E-state index in [1.807, 2.05) is 0 Å². The maximum absolute atomic E-state index is 12.3. The highest BCUT2D eigenvalue weighted by molar-refractivity contribution is 6.10. The topological polar surface area (TPSA) is 35.5 Å². The van der Waals surface area contributed by atoms with E-state index in [1.165, 1.54) is 12.1 Å². The van der Waals surface area contributed by atoms with Crippen molar-refractivity contribution in [2.75, 3.05) is 0 Å². The lowest BCUT2D eigenvalue weighted by atomic mass is 10.0. The largest absolute Gasteiger partial charge is 0.573 e. The maximum Gasteiger partial charge on any atom is 0.573 e. The Bertz CT molecular complexity index is 719. The number of carbonyl (C=O) groups excluding carboxylic acids is 1. The standard InChI is InChI=1S/C15H8F6O3/c16-14(17,18)23-10-7-5-9(6-8-10)13(22)11-3-1-2-4-12(11)24-15(19,20)21/h1-8H. The molecule has 0 aliphatic carbocycles. The Labute approximate surface area is 131 Å². The monoisotopic (exact) mass is 350 g/mol. The van der Waals surface area contributed by atoms with Gasteiger partial charge in [0.2, 0.25) is 0 Å². The van der Waals surface area contributed by atoms with Crippen LogP contribution in [0.15, 0.2) is 48.5 Å². The highest BCUT2D eigenvalue weighted by atomic mass is 19.4. The summed E-state index contributed by atoms with van der Waals surface area (Å²) in [4.78, 5) is 12.2. The number of benzene rings is 2. The molecular formula is C15H8F6O3. The first kappa shape index (κ1) is 17.6. The van der Waals surface area contributed by atoms with E-state index in [1.54, 1.807) is 0 Å². The van der Waals surface area contributed by atoms with E-state index in [-0.39, 0.29) is 11.1 Å². The molecule has 2 aromatic rings. The van der Waals surface area contributed by atoms with E-state index in [2.05, 4.69) is 9.47 Å². The minimum Gasteiger partial charge on any atom is -0.406 e. The van der Waals surface area contributed by atoms with Crippen molar-refractivity contribution in [3.63, 3.8) is 0 Å². The Kier molecular flexibility index (Phi) is 4.72. The van der Waals surface area contributed by atoms with Crippen LogP contribution in [0.4, 0.5) is 26.3 Å². The lowest BCUT2D eigenvalue weighted by Gasteiger charge is -2.13. The molecule has 0 heterocycles. The zero-order valence-electron chi connectivity index (χ0n) is 11.6. The molecule has 0 aliphatic rings. The first-order valence-corrected chi connectivity index (χ1v) is 6.30. The zero-order chi connectivity index (χ0) is 18.0. The van der Waals surface area contributed by atoms with Crippen LogP contribution in [0.5, 0.6) is 11.5 Å². The molecule has 0 aliphatic heterocycles. The molecule has 128 valence electrons. The molecule has 0 amide bonds. The van der Waals surface area contributed by atoms with E-state index in [4.69, 9.17) is 0 Å². The Morgan fingerprint density at radius 1 is 0.750 bits per heavy atom. The molecule has 0 atom stereocenters. The smallest absolute Gasteiger partial charge is 0.406 e. The molecule has 0 fully saturated rings. The van der Waals surface area contributed by atoms with Gasteiger partial charge in [-0.25, -0.2) is 0 Å². The minimum absolute atomic E-state index is 0.122. The molecule has 9 heteroatoms. The fraction of sp³-hybridized carbons (Fsp3) is 0.133. The van der Waals surface area contributed by atoms with Crippen molar-refractivity contribution in [1.29, 1.82) is 0 Å². The van der Waals surface area contributed by atoms with Gasteiger partial charge in [-0.3, -0.25) is 4.79 Å². The zero-order valence-corrected chi connectivity index (χ0v) is 11.6. The number of ether oxygens (including phenoxy) is 2. The predicted octanol–water partition coefficient (Wildman–Crippen LogP) is 4.71. The molecule has 0 N–H and O–H groups in total. The highest BCUT2D eigenvalue weighted by Crippen LogP contribution is 2.29. The van der Waals surface area contributed by atoms with Crippen molar-refractivity contribution in [3.05, 3.63) is 59.7 Å². The van der Waals surface area contributed by atoms with E-state index < -0.39 is 30.0 Å². The maximum atomic E-state index is 12.3. The van der Waals surface area contributed by atoms with Gasteiger partial charge in [0.15, 0.2) is 5.78 Å². The number of para-hydroxylation sites is 1. The van der Waals surface area contributed by atoms with Crippen LogP contribution in [-0.2, 0) is 0 Å². The number of rotatable bonds is 4. The molecule has 24 heavy (non-hydrogen) atoms. The van der Waals surface area contributed by atoms with E-state index in [0.29, 0.717) is 0 Å². The third-order valence-electron chi connectivity index (χ3n) is 2.71. The highest BCUT2D eigenvalue weighted by Gasteiger charge is 2.33. The van der Waals surface area contributed by atoms with Crippen LogP contribution in [0.1, 0.15) is 15.9 Å². The fourth-order valence-corrected chi connectivity index (χ4v) is 1.83. The molecule has 2 aromatic carbocycles. The SMILES string of the molecule is O=C(c1ccc(OC(F)(F)F)cc1)c1ccccc1OC(F)(F)F. The second kappa shape index (κ2) is 6.42. The van der Waals surface area contributed by atoms with Gasteiger partial charge in [0, 0.05) is 5.56 Å². The predicted molar refractivity (Wildman–Crippen MR) is 69.7 cm³/mol. The summed E-state index contributed by atoms with van der Waals surface area (Å²) < 4.78 is 80.6. The number of carbonyl (C=O) groups is 1. The Morgan fingerprint density at radius 2 is 1.29 bits per heavy atom. The number of alkyl halides is 6. The average Bonchev–Trinajstić information content (AvgIpc) is 2.44. The first-order valence-electron chi connectivity index (χ1n) is 6.30. The second-order valence-electron chi connectivity index (χ2n) is 4.45. The molecule has 2 rings (SSSR count). The molecule has 0 saturated heterocycles. The average molecular weight is 350 g/mol. The number of ketones is 1. The van der Waals surface area contributed by atoms with Crippen molar-refractivity contribution in [3.8, 4) is 11.5 Å². The molecule has 3 nitrogen and oxygen atoms in total. The second-order valence-corrected chi connectivity index (χ2v) is 4.45. The van der Waals surface area contributed by atoms with Gasteiger partial charge in [-0.15, -0.1) is 26.3 Å². The summed E-state index contributed by atoms with van der Waals surface area (Å²) in [5.41, 5.74) is -0.498. The van der Waals surface area contributed by atoms with E-state index >= 15 is 0 Å². The van der Waals surface area contributed by atoms with Gasteiger partial charge < -0.3 is 9.47 Å². The number of halogens is 6. The van der Waals surface area contributed by atoms with Crippen LogP contribution in [0, 0.1) is 0 Å². The van der Waals surface area contributed by atoms with Gasteiger partial charge in [0.1, 0.15) is 11.5 Å². The summed E-state index contributed by atoms with van der Waals surface area (Å²) >= 11 is 0. The Morgan fingerprint density at radius 3 is 1.83 bits per heavy atom. The van der Waals surface area contributed by atoms with Crippen LogP contribution >= 0.6 is 0 Å². The molecule has 0 spiro atoms. The van der Waals surface area contributed by atoms with Gasteiger partial charge in [-0.2, -0.15) is 0 Å². The molecule has 0 unspecified atom stereocenters. The van der Waals surface area contributed by atoms with Crippen molar-refractivity contribution in [1.82, 2.24) is 0 Å². The van der Waals surface area contributed by atoms with Gasteiger partial charge >= 0.3 is 12.7 Å². The molecular weight excluding hydrogens is 342 g/mol. The summed E-state index contributed by atoms with van der Waals surface area (Å²) in [6, 6.07) is 8.44. The van der Waals surface area contributed by atoms with Gasteiger partial charge in [0.25, 0.3) is 0 Å². The van der Waals surface area contributed by atoms with Crippen LogP contribution in [-0.4, -0.2) is 18.5 Å². The van der Waals surface area contributed by atoms with Crippen LogP contribution < -0.4 is 9.47 Å². The van der Waals surface area contributed by atoms with Crippen LogP contribution in [0.2, 0.25) is 0 Å². The fourth-order valence-electron chi connectivity index (χ4n) is 1.83. The third kappa shape index (κ3) is 4.90. The van der Waals surface area contributed by atoms with E-state index in [0.717, 1.165) is 36.4 Å². The van der Waals surface area contributed by atoms with Crippen molar-refractivity contribution < 1.29 is 40.6 Å². The summed E-state index contributed by atoms with van der Waals surface area (Å²) in [6.45, 7) is 0. The lowest BCUT2D eigenvalue weighted by Crippen LogP contribution is -2.19. The molecule has 0 bridgehead atoms. The van der Waals surface area contributed by atoms with Crippen molar-refractivity contribution >= 4 is 5.78 Å². The number of hydrogen-bond donors (Lipinski definition) is 0. The van der Waals surface area contributed by atoms with Crippen LogP contribution in [0.25, 0.3) is 0 Å². The van der Waals surface area contributed by atoms with Crippen molar-refractivity contribution in [2.24, 2.45) is 0 Å². The first-order chi connectivity index (χ1) is 11.1. The summed E-state index contributed by atoms with van der Waals surface area (Å²) in [5, 5.41) is 0. The van der Waals surface area contributed by atoms with Crippen molar-refractivity contribution in [2.45, 2.75) is 12.7 Å².